The van der Waals surface area contributed by atoms with Gasteiger partial charge in [0.25, 0.3) is 0 Å². The van der Waals surface area contributed by atoms with Gasteiger partial charge in [0.1, 0.15) is 17.2 Å². The van der Waals surface area contributed by atoms with E-state index in [1.54, 1.807) is 6.92 Å². The zero-order valence-corrected chi connectivity index (χ0v) is 13.9. The Hall–Kier alpha value is -2.29. The highest BCUT2D eigenvalue weighted by molar-refractivity contribution is 7.93. The van der Waals surface area contributed by atoms with E-state index in [9.17, 15) is 26.0 Å². The Kier molecular flexibility index (Phi) is 4.36. The Balaban J connectivity index is 2.07. The van der Waals surface area contributed by atoms with Crippen molar-refractivity contribution in [1.29, 1.82) is 0 Å². The van der Waals surface area contributed by atoms with Crippen molar-refractivity contribution in [3.63, 3.8) is 0 Å². The summed E-state index contributed by atoms with van der Waals surface area (Å²) in [5.41, 5.74) is -1.26. The molecule has 0 spiro atoms. The summed E-state index contributed by atoms with van der Waals surface area (Å²) in [7, 11) is -3.94. The largest absolute Gasteiger partial charge is 0.349 e. The maximum absolute atomic E-state index is 14.2. The summed E-state index contributed by atoms with van der Waals surface area (Å²) in [4.78, 5) is 0. The summed E-state index contributed by atoms with van der Waals surface area (Å²) < 4.78 is 81.8. The number of anilines is 3. The van der Waals surface area contributed by atoms with E-state index in [1.807, 2.05) is 4.72 Å². The quantitative estimate of drug-likeness (QED) is 0.609. The molecule has 2 aromatic carbocycles. The number of halogens is 4. The minimum atomic E-state index is -3.94. The highest BCUT2D eigenvalue weighted by atomic mass is 32.2. The first-order valence-corrected chi connectivity index (χ1v) is 8.96. The highest BCUT2D eigenvalue weighted by Gasteiger charge is 2.37. The van der Waals surface area contributed by atoms with Crippen LogP contribution < -0.4 is 10.0 Å². The fourth-order valence-corrected chi connectivity index (χ4v) is 3.68. The van der Waals surface area contributed by atoms with E-state index < -0.39 is 49.9 Å². The Bertz CT molecular complexity index is 944. The summed E-state index contributed by atoms with van der Waals surface area (Å²) >= 11 is 0. The van der Waals surface area contributed by atoms with Crippen molar-refractivity contribution in [2.24, 2.45) is 0 Å². The fraction of sp³-hybridized carbons (Fsp3) is 0.250. The van der Waals surface area contributed by atoms with Gasteiger partial charge in [-0.05, 0) is 37.5 Å². The van der Waals surface area contributed by atoms with Gasteiger partial charge < -0.3 is 5.32 Å². The van der Waals surface area contributed by atoms with Gasteiger partial charge in [-0.15, -0.1) is 0 Å². The third-order valence-electron chi connectivity index (χ3n) is 3.76. The molecule has 9 heteroatoms. The normalized spacial score (nSPS) is 14.4. The molecular weight excluding hydrogens is 360 g/mol. The molecule has 1 aliphatic rings. The molecule has 1 saturated carbocycles. The van der Waals surface area contributed by atoms with E-state index in [0.29, 0.717) is 18.4 Å². The van der Waals surface area contributed by atoms with Crippen LogP contribution in [-0.2, 0) is 10.0 Å². The average molecular weight is 374 g/mol. The predicted octanol–water partition coefficient (Wildman–Crippen LogP) is 4.20. The maximum atomic E-state index is 14.2. The number of hydrogen-bond donors (Lipinski definition) is 2. The first-order chi connectivity index (χ1) is 11.7. The summed E-state index contributed by atoms with van der Waals surface area (Å²) in [6, 6.07) is 4.14. The zero-order valence-electron chi connectivity index (χ0n) is 13.0. The predicted molar refractivity (Wildman–Crippen MR) is 86.3 cm³/mol. The van der Waals surface area contributed by atoms with Crippen molar-refractivity contribution in [2.45, 2.75) is 25.0 Å². The first-order valence-electron chi connectivity index (χ1n) is 7.41. The van der Waals surface area contributed by atoms with Crippen molar-refractivity contribution < 1.29 is 26.0 Å². The molecule has 0 bridgehead atoms. The van der Waals surface area contributed by atoms with Gasteiger partial charge in [0.15, 0.2) is 17.5 Å². The Morgan fingerprint density at radius 1 is 0.960 bits per heavy atom. The number of rotatable bonds is 5. The van der Waals surface area contributed by atoms with Gasteiger partial charge in [0.2, 0.25) is 10.0 Å². The zero-order chi connectivity index (χ0) is 18.4. The smallest absolute Gasteiger partial charge is 0.235 e. The van der Waals surface area contributed by atoms with Crippen LogP contribution in [0.4, 0.5) is 34.6 Å². The van der Waals surface area contributed by atoms with Crippen molar-refractivity contribution in [2.75, 3.05) is 10.0 Å². The van der Waals surface area contributed by atoms with Gasteiger partial charge in [0.05, 0.1) is 10.9 Å². The molecule has 134 valence electrons. The molecule has 0 heterocycles. The van der Waals surface area contributed by atoms with Crippen LogP contribution in [0.2, 0.25) is 0 Å². The summed E-state index contributed by atoms with van der Waals surface area (Å²) in [5, 5.41) is 1.54. The van der Waals surface area contributed by atoms with Crippen LogP contribution >= 0.6 is 0 Å². The lowest BCUT2D eigenvalue weighted by Gasteiger charge is -2.16. The Morgan fingerprint density at radius 3 is 2.24 bits per heavy atom. The lowest BCUT2D eigenvalue weighted by molar-refractivity contribution is 0.499. The molecule has 0 aromatic heterocycles. The van der Waals surface area contributed by atoms with Gasteiger partial charge in [-0.3, -0.25) is 4.72 Å². The summed E-state index contributed by atoms with van der Waals surface area (Å²) in [6.07, 6.45) is 0.798. The van der Waals surface area contributed by atoms with Gasteiger partial charge >= 0.3 is 0 Å². The van der Waals surface area contributed by atoms with E-state index in [-0.39, 0.29) is 11.8 Å². The van der Waals surface area contributed by atoms with E-state index in [0.717, 1.165) is 6.07 Å². The Morgan fingerprint density at radius 2 is 1.64 bits per heavy atom. The van der Waals surface area contributed by atoms with Crippen LogP contribution in [-0.4, -0.2) is 13.7 Å². The number of aryl methyl sites for hydroxylation is 1. The Labute approximate surface area is 141 Å². The third-order valence-corrected chi connectivity index (χ3v) is 5.60. The van der Waals surface area contributed by atoms with E-state index in [2.05, 4.69) is 5.32 Å². The second-order valence-electron chi connectivity index (χ2n) is 5.86. The molecule has 0 radical (unpaired) electrons. The van der Waals surface area contributed by atoms with E-state index in [4.69, 9.17) is 0 Å². The molecule has 2 aromatic rings. The van der Waals surface area contributed by atoms with Crippen molar-refractivity contribution >= 4 is 27.1 Å². The molecular formula is C16H14F4N2O2S. The van der Waals surface area contributed by atoms with Crippen LogP contribution in [0.5, 0.6) is 0 Å². The molecule has 2 N–H and O–H groups in total. The van der Waals surface area contributed by atoms with Gasteiger partial charge in [0, 0.05) is 6.07 Å². The van der Waals surface area contributed by atoms with Crippen molar-refractivity contribution in [1.82, 2.24) is 0 Å². The molecule has 0 saturated heterocycles. The SMILES string of the molecule is Cc1ccc(Nc2c(F)c(F)cc(F)c2NS(=O)(=O)C2CC2)c(F)c1. The minimum absolute atomic E-state index is 0.233. The van der Waals surface area contributed by atoms with Gasteiger partial charge in [-0.25, -0.2) is 26.0 Å². The standard InChI is InChI=1S/C16H14F4N2O2S/c1-8-2-5-13(10(17)6-8)21-16-14(20)11(18)7-12(19)15(16)22-25(23,24)9-3-4-9/h2,5-7,9,21-22H,3-4H2,1H3. The third kappa shape index (κ3) is 3.55. The van der Waals surface area contributed by atoms with E-state index in [1.165, 1.54) is 12.1 Å². The molecule has 0 aliphatic heterocycles. The monoisotopic (exact) mass is 374 g/mol. The van der Waals surface area contributed by atoms with E-state index >= 15 is 0 Å². The molecule has 0 atom stereocenters. The summed E-state index contributed by atoms with van der Waals surface area (Å²) in [6.45, 7) is 1.63. The van der Waals surface area contributed by atoms with Crippen LogP contribution in [0, 0.1) is 30.2 Å². The second-order valence-corrected chi connectivity index (χ2v) is 7.82. The summed E-state index contributed by atoms with van der Waals surface area (Å²) in [5.74, 6) is -5.13. The molecule has 3 rings (SSSR count). The minimum Gasteiger partial charge on any atom is -0.349 e. The van der Waals surface area contributed by atoms with Crippen LogP contribution in [0.3, 0.4) is 0 Å². The van der Waals surface area contributed by atoms with Crippen molar-refractivity contribution in [3.05, 3.63) is 53.1 Å². The molecule has 0 amide bonds. The molecule has 1 fully saturated rings. The topological polar surface area (TPSA) is 58.2 Å². The van der Waals surface area contributed by atoms with Crippen LogP contribution in [0.15, 0.2) is 24.3 Å². The molecule has 1 aliphatic carbocycles. The van der Waals surface area contributed by atoms with Crippen LogP contribution in [0.25, 0.3) is 0 Å². The number of hydrogen-bond acceptors (Lipinski definition) is 3. The van der Waals surface area contributed by atoms with Crippen LogP contribution in [0.1, 0.15) is 18.4 Å². The fourth-order valence-electron chi connectivity index (χ4n) is 2.27. The van der Waals surface area contributed by atoms with Crippen molar-refractivity contribution in [3.8, 4) is 0 Å². The maximum Gasteiger partial charge on any atom is 0.235 e. The van der Waals surface area contributed by atoms with Gasteiger partial charge in [-0.2, -0.15) is 0 Å². The first kappa shape index (κ1) is 17.5. The molecule has 0 unspecified atom stereocenters. The second kappa shape index (κ2) is 6.21. The number of sulfonamides is 1. The highest BCUT2D eigenvalue weighted by Crippen LogP contribution is 2.37. The van der Waals surface area contributed by atoms with Gasteiger partial charge in [-0.1, -0.05) is 6.07 Å². The molecule has 4 nitrogen and oxygen atoms in total. The average Bonchev–Trinajstić information content (AvgIpc) is 3.35. The number of benzene rings is 2. The molecule has 25 heavy (non-hydrogen) atoms. The lowest BCUT2D eigenvalue weighted by atomic mass is 10.2. The lowest BCUT2D eigenvalue weighted by Crippen LogP contribution is -2.20. The number of nitrogens with one attached hydrogen (secondary N) is 2.